The third kappa shape index (κ3) is 7.69. The molecule has 2 heterocycles. The molecule has 1 fully saturated rings. The fourth-order valence-electron chi connectivity index (χ4n) is 4.70. The first-order valence-corrected chi connectivity index (χ1v) is 13.3. The molecule has 1 N–H and O–H groups in total. The predicted molar refractivity (Wildman–Crippen MR) is 145 cm³/mol. The fraction of sp³-hybridized carbons (Fsp3) is 0.552. The van der Waals surface area contributed by atoms with Gasteiger partial charge in [0.15, 0.2) is 17.6 Å². The Labute approximate surface area is 216 Å². The molecule has 0 spiro atoms. The van der Waals surface area contributed by atoms with Gasteiger partial charge in [0.1, 0.15) is 12.7 Å². The Balaban J connectivity index is 0.000000214. The van der Waals surface area contributed by atoms with Crippen LogP contribution in [0.5, 0.6) is 11.5 Å². The van der Waals surface area contributed by atoms with Crippen molar-refractivity contribution < 1.29 is 19.4 Å². The molecular formula is C29H43N3O4. The average Bonchev–Trinajstić information content (AvgIpc) is 2.91. The summed E-state index contributed by atoms with van der Waals surface area (Å²) < 4.78 is 11.5. The molecule has 2 unspecified atom stereocenters. The number of carbonyl (C=O) groups excluding carboxylic acids is 1. The van der Waals surface area contributed by atoms with E-state index in [1.165, 1.54) is 11.1 Å². The van der Waals surface area contributed by atoms with Crippen LogP contribution in [0.2, 0.25) is 0 Å². The van der Waals surface area contributed by atoms with Crippen molar-refractivity contribution in [3.05, 3.63) is 53.6 Å². The van der Waals surface area contributed by atoms with Crippen LogP contribution in [0.3, 0.4) is 0 Å². The van der Waals surface area contributed by atoms with Crippen molar-refractivity contribution >= 4 is 12.1 Å². The quantitative estimate of drug-likeness (QED) is 0.531. The molecule has 2 aliphatic rings. The summed E-state index contributed by atoms with van der Waals surface area (Å²) in [6, 6.07) is 13.7. The highest BCUT2D eigenvalue weighted by Crippen LogP contribution is 2.31. The van der Waals surface area contributed by atoms with Crippen LogP contribution in [0.4, 0.5) is 5.69 Å². The molecule has 4 rings (SSSR count). The van der Waals surface area contributed by atoms with Gasteiger partial charge in [0.25, 0.3) is 0 Å². The van der Waals surface area contributed by atoms with E-state index in [4.69, 9.17) is 9.47 Å². The lowest BCUT2D eigenvalue weighted by molar-refractivity contribution is -0.107. The zero-order chi connectivity index (χ0) is 25.9. The van der Waals surface area contributed by atoms with E-state index in [0.717, 1.165) is 75.7 Å². The van der Waals surface area contributed by atoms with Gasteiger partial charge in [-0.05, 0) is 50.1 Å². The summed E-state index contributed by atoms with van der Waals surface area (Å²) in [6.45, 7) is 15.6. The normalized spacial score (nSPS) is 18.6. The highest BCUT2D eigenvalue weighted by atomic mass is 16.6. The molecule has 7 nitrogen and oxygen atoms in total. The summed E-state index contributed by atoms with van der Waals surface area (Å²) >= 11 is 0. The number of aliphatic hydroxyl groups is 1. The van der Waals surface area contributed by atoms with Gasteiger partial charge in [-0.3, -0.25) is 9.69 Å². The number of unbranched alkanes of at least 4 members (excludes halogenated alkanes) is 1. The summed E-state index contributed by atoms with van der Waals surface area (Å²) in [5, 5.41) is 10.4. The van der Waals surface area contributed by atoms with Crippen molar-refractivity contribution in [2.75, 3.05) is 57.3 Å². The average molecular weight is 498 g/mol. The fourth-order valence-corrected chi connectivity index (χ4v) is 4.70. The first-order chi connectivity index (χ1) is 17.5. The largest absolute Gasteiger partial charge is 0.486 e. The van der Waals surface area contributed by atoms with E-state index in [9.17, 15) is 9.90 Å². The summed E-state index contributed by atoms with van der Waals surface area (Å²) in [6.07, 6.45) is 2.28. The number of likely N-dealkylation sites (N-methyl/N-ethyl adjacent to an activating group) is 1. The van der Waals surface area contributed by atoms with Crippen molar-refractivity contribution in [1.82, 2.24) is 9.80 Å². The summed E-state index contributed by atoms with van der Waals surface area (Å²) in [5.41, 5.74) is 3.40. The second-order valence-electron chi connectivity index (χ2n) is 9.61. The Morgan fingerprint density at radius 2 is 1.64 bits per heavy atom. The number of fused-ring (bicyclic) bond motifs is 1. The molecule has 198 valence electrons. The van der Waals surface area contributed by atoms with E-state index >= 15 is 0 Å². The van der Waals surface area contributed by atoms with Gasteiger partial charge >= 0.3 is 0 Å². The number of nitrogens with zero attached hydrogens (tertiary/aromatic N) is 3. The Kier molecular flexibility index (Phi) is 11.0. The van der Waals surface area contributed by atoms with Crippen LogP contribution in [0.15, 0.2) is 42.5 Å². The summed E-state index contributed by atoms with van der Waals surface area (Å²) in [5.74, 6) is 1.49. The maximum Gasteiger partial charge on any atom is 0.214 e. The molecular weight excluding hydrogens is 454 g/mol. The highest BCUT2D eigenvalue weighted by Gasteiger charge is 2.29. The minimum atomic E-state index is -0.522. The molecule has 2 aromatic carbocycles. The standard InChI is InChI=1S/C16H24N2O3.C13H19NO/c1-2-17-7-9-18(10-8-17)11-13(19)16-12-20-14-5-3-4-6-15(14)21-16;1-4-5-9-14(10-15)13-11(2)7-6-8-12(13)3/h3-6,13,16,19H,2,7-12H2,1H3;6-8,10H,4-5,9H2,1-3H3. The Hall–Kier alpha value is -2.61. The van der Waals surface area contributed by atoms with Gasteiger partial charge in [-0.15, -0.1) is 0 Å². The minimum Gasteiger partial charge on any atom is -0.486 e. The number of hydrogen-bond donors (Lipinski definition) is 1. The van der Waals surface area contributed by atoms with E-state index in [-0.39, 0.29) is 6.10 Å². The zero-order valence-electron chi connectivity index (χ0n) is 22.4. The van der Waals surface area contributed by atoms with Crippen molar-refractivity contribution in [2.45, 2.75) is 52.7 Å². The van der Waals surface area contributed by atoms with E-state index in [1.54, 1.807) is 0 Å². The maximum atomic E-state index is 11.0. The highest BCUT2D eigenvalue weighted by molar-refractivity contribution is 5.78. The van der Waals surface area contributed by atoms with Crippen molar-refractivity contribution in [3.8, 4) is 11.5 Å². The second-order valence-corrected chi connectivity index (χ2v) is 9.61. The first-order valence-electron chi connectivity index (χ1n) is 13.3. The van der Waals surface area contributed by atoms with Gasteiger partial charge in [-0.1, -0.05) is 50.6 Å². The van der Waals surface area contributed by atoms with Crippen LogP contribution in [0.25, 0.3) is 0 Å². The topological polar surface area (TPSA) is 65.5 Å². The maximum absolute atomic E-state index is 11.0. The smallest absolute Gasteiger partial charge is 0.214 e. The van der Waals surface area contributed by atoms with Crippen LogP contribution in [0, 0.1) is 13.8 Å². The molecule has 2 aliphatic heterocycles. The second kappa shape index (κ2) is 14.2. The third-order valence-corrected chi connectivity index (χ3v) is 6.92. The molecule has 0 saturated carbocycles. The van der Waals surface area contributed by atoms with Crippen LogP contribution in [-0.2, 0) is 4.79 Å². The summed E-state index contributed by atoms with van der Waals surface area (Å²) in [7, 11) is 0. The molecule has 1 saturated heterocycles. The van der Waals surface area contributed by atoms with Crippen molar-refractivity contribution in [3.63, 3.8) is 0 Å². The zero-order valence-corrected chi connectivity index (χ0v) is 22.4. The van der Waals surface area contributed by atoms with Crippen LogP contribution >= 0.6 is 0 Å². The number of anilines is 1. The molecule has 7 heteroatoms. The number of piperazine rings is 1. The number of para-hydroxylation sites is 3. The Bertz CT molecular complexity index is 926. The number of aryl methyl sites for hydroxylation is 2. The molecule has 0 aliphatic carbocycles. The number of amides is 1. The van der Waals surface area contributed by atoms with Crippen LogP contribution in [-0.4, -0.2) is 85.9 Å². The number of benzene rings is 2. The van der Waals surface area contributed by atoms with Gasteiger partial charge in [0.05, 0.1) is 0 Å². The number of aliphatic hydroxyl groups excluding tert-OH is 1. The number of rotatable bonds is 9. The van der Waals surface area contributed by atoms with Gasteiger partial charge in [0.2, 0.25) is 6.41 Å². The number of carbonyl (C=O) groups is 1. The van der Waals surface area contributed by atoms with Crippen molar-refractivity contribution in [2.24, 2.45) is 0 Å². The number of ether oxygens (including phenoxy) is 2. The van der Waals surface area contributed by atoms with E-state index in [2.05, 4.69) is 23.6 Å². The van der Waals surface area contributed by atoms with Gasteiger partial charge in [-0.25, -0.2) is 0 Å². The Morgan fingerprint density at radius 1 is 1.00 bits per heavy atom. The number of hydrogen-bond acceptors (Lipinski definition) is 6. The lowest BCUT2D eigenvalue weighted by Crippen LogP contribution is -2.52. The minimum absolute atomic E-state index is 0.288. The molecule has 0 radical (unpaired) electrons. The number of β-amino-alcohol motifs (C(OH)–C–C–N with tert-alkyl or cyclic N) is 1. The lowest BCUT2D eigenvalue weighted by Gasteiger charge is -2.37. The molecule has 2 aromatic rings. The SMILES string of the molecule is CCCCN(C=O)c1c(C)cccc1C.CCN1CCN(CC(O)C2COc3ccccc3O2)CC1. The molecule has 0 aromatic heterocycles. The Morgan fingerprint density at radius 3 is 2.25 bits per heavy atom. The van der Waals surface area contributed by atoms with Crippen LogP contribution in [0.1, 0.15) is 37.8 Å². The van der Waals surface area contributed by atoms with Crippen molar-refractivity contribution in [1.29, 1.82) is 0 Å². The predicted octanol–water partition coefficient (Wildman–Crippen LogP) is 3.89. The first kappa shape index (κ1) is 28.0. The van der Waals surface area contributed by atoms with E-state index in [0.29, 0.717) is 13.2 Å². The monoisotopic (exact) mass is 497 g/mol. The lowest BCUT2D eigenvalue weighted by atomic mass is 10.1. The molecule has 2 atom stereocenters. The molecule has 36 heavy (non-hydrogen) atoms. The molecule has 0 bridgehead atoms. The van der Waals surface area contributed by atoms with E-state index in [1.807, 2.05) is 61.2 Å². The molecule has 1 amide bonds. The third-order valence-electron chi connectivity index (χ3n) is 6.92. The van der Waals surface area contributed by atoms with Gasteiger partial charge in [-0.2, -0.15) is 0 Å². The van der Waals surface area contributed by atoms with Gasteiger partial charge < -0.3 is 24.4 Å². The van der Waals surface area contributed by atoms with Crippen LogP contribution < -0.4 is 14.4 Å². The van der Waals surface area contributed by atoms with E-state index < -0.39 is 6.10 Å². The van der Waals surface area contributed by atoms with Gasteiger partial charge in [0, 0.05) is 45.0 Å². The summed E-state index contributed by atoms with van der Waals surface area (Å²) in [4.78, 5) is 17.6.